The van der Waals surface area contributed by atoms with Crippen molar-refractivity contribution in [1.82, 2.24) is 9.78 Å². The summed E-state index contributed by atoms with van der Waals surface area (Å²) in [5, 5.41) is 17.9. The van der Waals surface area contributed by atoms with E-state index >= 15 is 0 Å². The highest BCUT2D eigenvalue weighted by molar-refractivity contribution is 6.53. The Bertz CT molecular complexity index is 1540. The number of rotatable bonds is 6. The summed E-state index contributed by atoms with van der Waals surface area (Å²) in [6.07, 6.45) is 4.19. The third kappa shape index (κ3) is 4.04. The van der Waals surface area contributed by atoms with E-state index in [0.717, 1.165) is 21.6 Å². The Morgan fingerprint density at radius 2 is 1.57 bits per heavy atom. The van der Waals surface area contributed by atoms with Gasteiger partial charge in [0.1, 0.15) is 17.1 Å². The SMILES string of the molecule is CCc1cc[n+](C2=C(c3c(C)nn(-c4ccc(F)cc4)c3[O-])C(=O)N(c3ccc(OC)cc3)C2=O)cc1. The molecule has 3 heterocycles. The Hall–Kier alpha value is -4.79. The molecule has 2 aromatic heterocycles. The molecule has 2 amide bonds. The van der Waals surface area contributed by atoms with Crippen LogP contribution in [0.2, 0.25) is 0 Å². The molecule has 0 spiro atoms. The van der Waals surface area contributed by atoms with Gasteiger partial charge in [0, 0.05) is 17.7 Å². The van der Waals surface area contributed by atoms with Gasteiger partial charge in [0.25, 0.3) is 11.6 Å². The van der Waals surface area contributed by atoms with Gasteiger partial charge in [-0.3, -0.25) is 9.59 Å². The van der Waals surface area contributed by atoms with E-state index in [1.165, 1.54) is 31.4 Å². The van der Waals surface area contributed by atoms with Crippen molar-refractivity contribution < 1.29 is 28.4 Å². The first-order chi connectivity index (χ1) is 17.8. The molecule has 0 aliphatic carbocycles. The first-order valence-electron chi connectivity index (χ1n) is 11.6. The van der Waals surface area contributed by atoms with Crippen LogP contribution in [-0.2, 0) is 16.0 Å². The Morgan fingerprint density at radius 1 is 0.946 bits per heavy atom. The average molecular weight is 499 g/mol. The summed E-state index contributed by atoms with van der Waals surface area (Å²) in [7, 11) is 1.52. The third-order valence-electron chi connectivity index (χ3n) is 6.29. The molecule has 0 saturated heterocycles. The number of ether oxygens (including phenoxy) is 1. The van der Waals surface area contributed by atoms with E-state index < -0.39 is 23.5 Å². The quantitative estimate of drug-likeness (QED) is 0.301. The normalized spacial score (nSPS) is 13.6. The molecule has 186 valence electrons. The van der Waals surface area contributed by atoms with Gasteiger partial charge in [0.05, 0.1) is 24.2 Å². The zero-order valence-electron chi connectivity index (χ0n) is 20.4. The zero-order chi connectivity index (χ0) is 26.3. The minimum absolute atomic E-state index is 0.0146. The maximum Gasteiger partial charge on any atom is 0.331 e. The van der Waals surface area contributed by atoms with Gasteiger partial charge in [0.2, 0.25) is 0 Å². The fraction of sp³-hybridized carbons (Fsp3) is 0.143. The molecule has 4 aromatic rings. The largest absolute Gasteiger partial charge is 0.858 e. The number of benzene rings is 2. The molecule has 1 aliphatic rings. The average Bonchev–Trinajstić information content (AvgIpc) is 3.35. The molecule has 9 heteroatoms. The highest BCUT2D eigenvalue weighted by Gasteiger charge is 2.47. The molecular weight excluding hydrogens is 475 g/mol. The third-order valence-corrected chi connectivity index (χ3v) is 6.29. The predicted octanol–water partition coefficient (Wildman–Crippen LogP) is 3.19. The van der Waals surface area contributed by atoms with Crippen molar-refractivity contribution in [3.63, 3.8) is 0 Å². The lowest BCUT2D eigenvalue weighted by Crippen LogP contribution is -2.39. The van der Waals surface area contributed by atoms with Crippen LogP contribution in [0.5, 0.6) is 11.6 Å². The van der Waals surface area contributed by atoms with Gasteiger partial charge in [-0.1, -0.05) is 6.92 Å². The van der Waals surface area contributed by atoms with Crippen LogP contribution >= 0.6 is 0 Å². The number of aromatic nitrogens is 3. The number of nitrogens with zero attached hydrogens (tertiary/aromatic N) is 4. The summed E-state index contributed by atoms with van der Waals surface area (Å²) in [6, 6.07) is 15.5. The van der Waals surface area contributed by atoms with Crippen LogP contribution in [0.1, 0.15) is 23.7 Å². The van der Waals surface area contributed by atoms with Crippen molar-refractivity contribution in [2.45, 2.75) is 20.3 Å². The van der Waals surface area contributed by atoms with E-state index in [1.54, 1.807) is 48.1 Å². The predicted molar refractivity (Wildman–Crippen MR) is 132 cm³/mol. The van der Waals surface area contributed by atoms with Crippen molar-refractivity contribution in [3.05, 3.63) is 95.7 Å². The Balaban J connectivity index is 1.70. The van der Waals surface area contributed by atoms with Crippen LogP contribution in [0.25, 0.3) is 17.0 Å². The summed E-state index contributed by atoms with van der Waals surface area (Å²) in [6.45, 7) is 3.61. The van der Waals surface area contributed by atoms with Gasteiger partial charge in [-0.05, 0) is 73.3 Å². The number of carbonyl (C=O) groups is 2. The molecule has 0 N–H and O–H groups in total. The van der Waals surface area contributed by atoms with E-state index in [0.29, 0.717) is 17.1 Å². The summed E-state index contributed by atoms with van der Waals surface area (Å²) in [4.78, 5) is 28.7. The fourth-order valence-electron chi connectivity index (χ4n) is 4.34. The molecular formula is C28H23FN4O4. The molecule has 8 nitrogen and oxygen atoms in total. The van der Waals surface area contributed by atoms with Gasteiger partial charge in [0.15, 0.2) is 12.4 Å². The standard InChI is InChI=1S/C28H23FN4O4/c1-4-18-13-15-31(16-14-18)25-24(26(34)32(28(25)36)20-9-11-22(37-3)12-10-20)23-17(2)30-33(27(23)35)21-7-5-19(29)6-8-21/h5-16H,4H2,1-3H3. The smallest absolute Gasteiger partial charge is 0.331 e. The monoisotopic (exact) mass is 498 g/mol. The fourth-order valence-corrected chi connectivity index (χ4v) is 4.34. The van der Waals surface area contributed by atoms with Gasteiger partial charge < -0.3 is 9.84 Å². The number of pyridine rings is 1. The topological polar surface area (TPSA) is 91.4 Å². The minimum atomic E-state index is -0.643. The molecule has 0 radical (unpaired) electrons. The molecule has 2 aromatic carbocycles. The minimum Gasteiger partial charge on any atom is -0.858 e. The number of hydrogen-bond donors (Lipinski definition) is 0. The van der Waals surface area contributed by atoms with Crippen molar-refractivity contribution >= 4 is 28.8 Å². The summed E-state index contributed by atoms with van der Waals surface area (Å²) in [5.41, 5.74) is 2.00. The summed E-state index contributed by atoms with van der Waals surface area (Å²) >= 11 is 0. The molecule has 0 unspecified atom stereocenters. The maximum atomic E-state index is 13.9. The highest BCUT2D eigenvalue weighted by atomic mass is 19.1. The lowest BCUT2D eigenvalue weighted by Gasteiger charge is -2.16. The maximum absolute atomic E-state index is 13.9. The summed E-state index contributed by atoms with van der Waals surface area (Å²) in [5.74, 6) is -1.69. The number of aryl methyl sites for hydroxylation is 2. The second-order valence-electron chi connectivity index (χ2n) is 8.49. The van der Waals surface area contributed by atoms with Crippen LogP contribution in [-0.4, -0.2) is 28.7 Å². The van der Waals surface area contributed by atoms with E-state index in [-0.39, 0.29) is 22.5 Å². The van der Waals surface area contributed by atoms with E-state index in [2.05, 4.69) is 5.10 Å². The lowest BCUT2D eigenvalue weighted by molar-refractivity contribution is -0.576. The van der Waals surface area contributed by atoms with E-state index in [1.807, 2.05) is 19.1 Å². The summed E-state index contributed by atoms with van der Waals surface area (Å²) < 4.78 is 21.3. The first-order valence-corrected chi connectivity index (χ1v) is 11.6. The lowest BCUT2D eigenvalue weighted by atomic mass is 10.0. The zero-order valence-corrected chi connectivity index (χ0v) is 20.4. The number of amides is 2. The number of carbonyl (C=O) groups excluding carboxylic acids is 2. The van der Waals surface area contributed by atoms with Crippen LogP contribution in [0.4, 0.5) is 10.1 Å². The van der Waals surface area contributed by atoms with Crippen LogP contribution in [0.3, 0.4) is 0 Å². The van der Waals surface area contributed by atoms with Crippen molar-refractivity contribution in [3.8, 4) is 17.3 Å². The first kappa shape index (κ1) is 23.9. The van der Waals surface area contributed by atoms with Crippen LogP contribution < -0.4 is 19.3 Å². The number of hydrogen-bond acceptors (Lipinski definition) is 5. The molecule has 0 saturated carbocycles. The van der Waals surface area contributed by atoms with E-state index in [4.69, 9.17) is 4.74 Å². The molecule has 37 heavy (non-hydrogen) atoms. The number of imide groups is 1. The number of methoxy groups -OCH3 is 1. The van der Waals surface area contributed by atoms with Crippen molar-refractivity contribution in [1.29, 1.82) is 0 Å². The van der Waals surface area contributed by atoms with E-state index in [9.17, 15) is 19.1 Å². The molecule has 0 fully saturated rings. The van der Waals surface area contributed by atoms with Crippen molar-refractivity contribution in [2.24, 2.45) is 0 Å². The van der Waals surface area contributed by atoms with Gasteiger partial charge in [-0.15, -0.1) is 0 Å². The Labute approximate surface area is 212 Å². The van der Waals surface area contributed by atoms with Gasteiger partial charge in [-0.25, -0.2) is 14.0 Å². The number of anilines is 1. The van der Waals surface area contributed by atoms with Crippen LogP contribution in [0, 0.1) is 12.7 Å². The van der Waals surface area contributed by atoms with Gasteiger partial charge in [-0.2, -0.15) is 9.67 Å². The second kappa shape index (κ2) is 9.34. The molecule has 1 aliphatic heterocycles. The second-order valence-corrected chi connectivity index (χ2v) is 8.49. The van der Waals surface area contributed by atoms with Crippen LogP contribution in [0.15, 0.2) is 73.1 Å². The Morgan fingerprint density at radius 3 is 2.16 bits per heavy atom. The van der Waals surface area contributed by atoms with Gasteiger partial charge >= 0.3 is 5.91 Å². The molecule has 0 bridgehead atoms. The molecule has 0 atom stereocenters. The van der Waals surface area contributed by atoms with Crippen molar-refractivity contribution in [2.75, 3.05) is 12.0 Å². The molecule has 5 rings (SSSR count). The number of halogens is 1. The highest BCUT2D eigenvalue weighted by Crippen LogP contribution is 2.38. The Kier molecular flexibility index (Phi) is 6.04.